The molecular weight excluding hydrogens is 315 g/mol. The highest BCUT2D eigenvalue weighted by Gasteiger charge is 2.31. The number of ketones is 1. The fourth-order valence-electron chi connectivity index (χ4n) is 2.14. The Bertz CT molecular complexity index is 632. The van der Waals surface area contributed by atoms with Crippen LogP contribution in [0.5, 0.6) is 0 Å². The Balaban J connectivity index is 1.72. The zero-order valence-electron chi connectivity index (χ0n) is 10.6. The van der Waals surface area contributed by atoms with Gasteiger partial charge in [-0.2, -0.15) is 0 Å². The molecule has 0 unspecified atom stereocenters. The molecule has 0 aliphatic heterocycles. The molecule has 20 heavy (non-hydrogen) atoms. The molecule has 0 bridgehead atoms. The standard InChI is InChI=1S/C14H12Cl2N2OS/c15-10-2-1-3-11(16)9(10)6-7-12(19)14-13(8-4-5-8)17-18-20-14/h1-3,8H,4-7H2. The van der Waals surface area contributed by atoms with E-state index in [1.807, 2.05) is 0 Å². The smallest absolute Gasteiger partial charge is 0.176 e. The Labute approximate surface area is 131 Å². The van der Waals surface area contributed by atoms with E-state index in [4.69, 9.17) is 23.2 Å². The van der Waals surface area contributed by atoms with Crippen molar-refractivity contribution in [3.63, 3.8) is 0 Å². The number of benzene rings is 1. The van der Waals surface area contributed by atoms with E-state index in [0.29, 0.717) is 33.7 Å². The van der Waals surface area contributed by atoms with Gasteiger partial charge in [0.05, 0.1) is 5.69 Å². The normalized spacial score (nSPS) is 14.5. The maximum absolute atomic E-state index is 12.3. The second kappa shape index (κ2) is 5.80. The van der Waals surface area contributed by atoms with Crippen molar-refractivity contribution in [2.45, 2.75) is 31.6 Å². The van der Waals surface area contributed by atoms with Crippen molar-refractivity contribution in [1.82, 2.24) is 9.59 Å². The average molecular weight is 327 g/mol. The lowest BCUT2D eigenvalue weighted by Gasteiger charge is -2.06. The lowest BCUT2D eigenvalue weighted by molar-refractivity contribution is 0.0985. The van der Waals surface area contributed by atoms with Gasteiger partial charge in [0.2, 0.25) is 0 Å². The number of halogens is 2. The van der Waals surface area contributed by atoms with Crippen LogP contribution in [0.2, 0.25) is 10.0 Å². The predicted molar refractivity (Wildman–Crippen MR) is 81.0 cm³/mol. The van der Waals surface area contributed by atoms with Crippen LogP contribution in [0.4, 0.5) is 0 Å². The minimum atomic E-state index is 0.0814. The van der Waals surface area contributed by atoms with E-state index in [0.717, 1.165) is 24.1 Å². The first-order chi connectivity index (χ1) is 9.66. The summed E-state index contributed by atoms with van der Waals surface area (Å²) in [4.78, 5) is 13.0. The van der Waals surface area contributed by atoms with Gasteiger partial charge in [0.15, 0.2) is 5.78 Å². The molecule has 1 aliphatic rings. The second-order valence-corrected chi connectivity index (χ2v) is 6.45. The van der Waals surface area contributed by atoms with Gasteiger partial charge < -0.3 is 0 Å². The minimum Gasteiger partial charge on any atom is -0.293 e. The Hall–Kier alpha value is -0.970. The molecule has 1 saturated carbocycles. The average Bonchev–Trinajstić information content (AvgIpc) is 3.15. The molecule has 0 radical (unpaired) electrons. The number of nitrogens with zero attached hydrogens (tertiary/aromatic N) is 2. The Kier molecular flexibility index (Phi) is 4.06. The first-order valence-electron chi connectivity index (χ1n) is 6.45. The summed E-state index contributed by atoms with van der Waals surface area (Å²) in [7, 11) is 0. The zero-order valence-corrected chi connectivity index (χ0v) is 12.9. The first kappa shape index (κ1) is 14.0. The largest absolute Gasteiger partial charge is 0.293 e. The molecule has 1 aromatic carbocycles. The number of rotatable bonds is 5. The van der Waals surface area contributed by atoms with Crippen LogP contribution in [-0.4, -0.2) is 15.4 Å². The zero-order chi connectivity index (χ0) is 14.1. The highest BCUT2D eigenvalue weighted by molar-refractivity contribution is 7.08. The molecular formula is C14H12Cl2N2OS. The molecule has 0 amide bonds. The second-order valence-electron chi connectivity index (χ2n) is 4.88. The molecule has 1 aliphatic carbocycles. The molecule has 3 nitrogen and oxygen atoms in total. The van der Waals surface area contributed by atoms with Crippen LogP contribution >= 0.6 is 34.7 Å². The molecule has 1 fully saturated rings. The number of Topliss-reactive ketones (excluding diaryl/α,β-unsaturated/α-hetero) is 1. The summed E-state index contributed by atoms with van der Waals surface area (Å²) in [5.41, 5.74) is 1.71. The maximum Gasteiger partial charge on any atom is 0.176 e. The molecule has 1 heterocycles. The molecule has 104 valence electrons. The van der Waals surface area contributed by atoms with Crippen LogP contribution in [0.1, 0.15) is 46.1 Å². The Morgan fingerprint density at radius 2 is 2.00 bits per heavy atom. The topological polar surface area (TPSA) is 42.9 Å². The van der Waals surface area contributed by atoms with Crippen molar-refractivity contribution in [2.24, 2.45) is 0 Å². The van der Waals surface area contributed by atoms with Crippen LogP contribution in [0.15, 0.2) is 18.2 Å². The highest BCUT2D eigenvalue weighted by Crippen LogP contribution is 2.41. The van der Waals surface area contributed by atoms with E-state index in [2.05, 4.69) is 9.59 Å². The van der Waals surface area contributed by atoms with E-state index in [-0.39, 0.29) is 5.78 Å². The minimum absolute atomic E-state index is 0.0814. The van der Waals surface area contributed by atoms with Gasteiger partial charge in [0.25, 0.3) is 0 Å². The highest BCUT2D eigenvalue weighted by atomic mass is 35.5. The lowest BCUT2D eigenvalue weighted by atomic mass is 10.1. The number of carbonyl (C=O) groups excluding carboxylic acids is 1. The molecule has 0 saturated heterocycles. The van der Waals surface area contributed by atoms with E-state index in [1.165, 1.54) is 11.5 Å². The van der Waals surface area contributed by atoms with Gasteiger partial charge in [-0.15, -0.1) is 5.10 Å². The van der Waals surface area contributed by atoms with E-state index in [9.17, 15) is 4.79 Å². The molecule has 2 aromatic rings. The van der Waals surface area contributed by atoms with Crippen molar-refractivity contribution in [3.8, 4) is 0 Å². The van der Waals surface area contributed by atoms with Crippen molar-refractivity contribution < 1.29 is 4.79 Å². The fraction of sp³-hybridized carbons (Fsp3) is 0.357. The van der Waals surface area contributed by atoms with Crippen molar-refractivity contribution in [3.05, 3.63) is 44.4 Å². The Morgan fingerprint density at radius 3 is 2.65 bits per heavy atom. The number of carbonyl (C=O) groups is 1. The van der Waals surface area contributed by atoms with Crippen LogP contribution in [0.25, 0.3) is 0 Å². The van der Waals surface area contributed by atoms with E-state index < -0.39 is 0 Å². The van der Waals surface area contributed by atoms with Gasteiger partial charge in [-0.25, -0.2) is 0 Å². The van der Waals surface area contributed by atoms with Crippen LogP contribution in [0.3, 0.4) is 0 Å². The maximum atomic E-state index is 12.3. The number of hydrogen-bond acceptors (Lipinski definition) is 4. The summed E-state index contributed by atoms with van der Waals surface area (Å²) >= 11 is 13.4. The monoisotopic (exact) mass is 326 g/mol. The van der Waals surface area contributed by atoms with Crippen LogP contribution in [-0.2, 0) is 6.42 Å². The molecule has 0 N–H and O–H groups in total. The summed E-state index contributed by atoms with van der Waals surface area (Å²) in [5, 5.41) is 5.30. The van der Waals surface area contributed by atoms with Crippen LogP contribution in [0, 0.1) is 0 Å². The molecule has 3 rings (SSSR count). The molecule has 1 aromatic heterocycles. The van der Waals surface area contributed by atoms with Crippen LogP contribution < -0.4 is 0 Å². The van der Waals surface area contributed by atoms with Gasteiger partial charge >= 0.3 is 0 Å². The van der Waals surface area contributed by atoms with Gasteiger partial charge in [0, 0.05) is 22.4 Å². The van der Waals surface area contributed by atoms with E-state index >= 15 is 0 Å². The summed E-state index contributed by atoms with van der Waals surface area (Å²) in [6, 6.07) is 5.38. The number of aromatic nitrogens is 2. The Morgan fingerprint density at radius 1 is 1.30 bits per heavy atom. The van der Waals surface area contributed by atoms with Crippen molar-refractivity contribution in [1.29, 1.82) is 0 Å². The molecule has 6 heteroatoms. The van der Waals surface area contributed by atoms with Gasteiger partial charge in [-0.05, 0) is 48.5 Å². The third-order valence-electron chi connectivity index (χ3n) is 3.39. The van der Waals surface area contributed by atoms with Crippen molar-refractivity contribution >= 4 is 40.5 Å². The van der Waals surface area contributed by atoms with Gasteiger partial charge in [-0.1, -0.05) is 33.8 Å². The summed E-state index contributed by atoms with van der Waals surface area (Å²) in [5.74, 6) is 0.523. The summed E-state index contributed by atoms with van der Waals surface area (Å²) in [6.07, 6.45) is 3.15. The first-order valence-corrected chi connectivity index (χ1v) is 7.98. The summed E-state index contributed by atoms with van der Waals surface area (Å²) < 4.78 is 3.91. The summed E-state index contributed by atoms with van der Waals surface area (Å²) in [6.45, 7) is 0. The quantitative estimate of drug-likeness (QED) is 0.757. The lowest BCUT2D eigenvalue weighted by Crippen LogP contribution is -2.03. The fourth-order valence-corrected chi connectivity index (χ4v) is 3.44. The molecule has 0 spiro atoms. The van der Waals surface area contributed by atoms with Crippen molar-refractivity contribution in [2.75, 3.05) is 0 Å². The van der Waals surface area contributed by atoms with Gasteiger partial charge in [-0.3, -0.25) is 4.79 Å². The molecule has 0 atom stereocenters. The number of hydrogen-bond donors (Lipinski definition) is 0. The van der Waals surface area contributed by atoms with Gasteiger partial charge in [0.1, 0.15) is 4.88 Å². The predicted octanol–water partition coefficient (Wildman–Crippen LogP) is 4.54. The van der Waals surface area contributed by atoms with E-state index in [1.54, 1.807) is 18.2 Å². The third-order valence-corrected chi connectivity index (χ3v) is 4.89. The SMILES string of the molecule is O=C(CCc1c(Cl)cccc1Cl)c1snnc1C1CC1. The third kappa shape index (κ3) is 2.87.